The summed E-state index contributed by atoms with van der Waals surface area (Å²) in [4.78, 5) is 29.4. The van der Waals surface area contributed by atoms with Gasteiger partial charge in [0, 0.05) is 26.7 Å². The highest BCUT2D eigenvalue weighted by Crippen LogP contribution is 2.28. The second kappa shape index (κ2) is 5.56. The molecular weight excluding hydrogens is 290 g/mol. The summed E-state index contributed by atoms with van der Waals surface area (Å²) in [6.07, 6.45) is 1.37. The van der Waals surface area contributed by atoms with Gasteiger partial charge in [-0.15, -0.1) is 5.10 Å². The summed E-state index contributed by atoms with van der Waals surface area (Å²) in [7, 11) is 3.16. The first kappa shape index (κ1) is 14.8. The number of nitrogens with one attached hydrogen (secondary N) is 1. The fourth-order valence-electron chi connectivity index (χ4n) is 2.80. The van der Waals surface area contributed by atoms with E-state index in [1.54, 1.807) is 11.9 Å². The molecule has 2 aliphatic heterocycles. The van der Waals surface area contributed by atoms with E-state index in [0.29, 0.717) is 38.5 Å². The highest BCUT2D eigenvalue weighted by Gasteiger charge is 2.40. The summed E-state index contributed by atoms with van der Waals surface area (Å²) in [6, 6.07) is 0.301. The van der Waals surface area contributed by atoms with Gasteiger partial charge < -0.3 is 19.7 Å². The number of carbonyl (C=O) groups is 2. The highest BCUT2D eigenvalue weighted by atomic mass is 16.5. The SMILES string of the molecule is COc1nc(C(=O)N2CCC3(CC2)CNC(=O)CO3)nn1C. The zero-order chi connectivity index (χ0) is 15.7. The van der Waals surface area contributed by atoms with Crippen molar-refractivity contribution in [2.45, 2.75) is 18.4 Å². The zero-order valence-electron chi connectivity index (χ0n) is 12.7. The molecule has 3 rings (SSSR count). The number of methoxy groups -OCH3 is 1. The number of aryl methyl sites for hydroxylation is 1. The van der Waals surface area contributed by atoms with E-state index in [1.165, 1.54) is 11.8 Å². The number of hydrogen-bond acceptors (Lipinski definition) is 6. The fraction of sp³-hybridized carbons (Fsp3) is 0.692. The van der Waals surface area contributed by atoms with Gasteiger partial charge in [0.2, 0.25) is 11.7 Å². The number of amides is 2. The first-order valence-corrected chi connectivity index (χ1v) is 7.18. The first-order valence-electron chi connectivity index (χ1n) is 7.18. The van der Waals surface area contributed by atoms with Gasteiger partial charge in [-0.25, -0.2) is 4.68 Å². The van der Waals surface area contributed by atoms with Crippen molar-refractivity contribution in [3.05, 3.63) is 5.82 Å². The molecule has 1 spiro atoms. The summed E-state index contributed by atoms with van der Waals surface area (Å²) in [5.41, 5.74) is -0.347. The number of carbonyl (C=O) groups excluding carboxylic acids is 2. The van der Waals surface area contributed by atoms with Crippen molar-refractivity contribution in [3.8, 4) is 6.01 Å². The number of rotatable bonds is 2. The Morgan fingerprint density at radius 1 is 1.41 bits per heavy atom. The molecule has 22 heavy (non-hydrogen) atoms. The zero-order valence-corrected chi connectivity index (χ0v) is 12.7. The standard InChI is InChI=1S/C13H19N5O4/c1-17-12(21-2)15-10(16-17)11(20)18-5-3-13(4-6-18)8-14-9(19)7-22-13/h3-8H2,1-2H3,(H,14,19). The summed E-state index contributed by atoms with van der Waals surface area (Å²) >= 11 is 0. The molecule has 0 unspecified atom stereocenters. The molecule has 0 bridgehead atoms. The van der Waals surface area contributed by atoms with Gasteiger partial charge in [-0.1, -0.05) is 0 Å². The Morgan fingerprint density at radius 3 is 2.68 bits per heavy atom. The molecule has 1 aromatic heterocycles. The van der Waals surface area contributed by atoms with Crippen molar-refractivity contribution in [2.75, 3.05) is 33.4 Å². The molecule has 1 aromatic rings. The van der Waals surface area contributed by atoms with Crippen molar-refractivity contribution in [3.63, 3.8) is 0 Å². The molecule has 2 fully saturated rings. The minimum absolute atomic E-state index is 0.0890. The molecule has 0 saturated carbocycles. The lowest BCUT2D eigenvalue weighted by molar-refractivity contribution is -0.149. The van der Waals surface area contributed by atoms with E-state index in [-0.39, 0.29) is 29.8 Å². The summed E-state index contributed by atoms with van der Waals surface area (Å²) in [6.45, 7) is 1.70. The van der Waals surface area contributed by atoms with Gasteiger partial charge in [0.05, 0.1) is 12.7 Å². The summed E-state index contributed by atoms with van der Waals surface area (Å²) in [5.74, 6) is -0.171. The topological polar surface area (TPSA) is 98.6 Å². The van der Waals surface area contributed by atoms with E-state index in [9.17, 15) is 9.59 Å². The molecule has 0 aromatic carbocycles. The van der Waals surface area contributed by atoms with Crippen molar-refractivity contribution in [1.82, 2.24) is 25.0 Å². The summed E-state index contributed by atoms with van der Waals surface area (Å²) in [5, 5.41) is 6.90. The molecule has 2 aliphatic rings. The van der Waals surface area contributed by atoms with Crippen LogP contribution in [0.5, 0.6) is 6.01 Å². The molecule has 120 valence electrons. The van der Waals surface area contributed by atoms with Gasteiger partial charge in [0.15, 0.2) is 0 Å². The van der Waals surface area contributed by atoms with Gasteiger partial charge in [0.1, 0.15) is 6.61 Å². The third kappa shape index (κ3) is 2.63. The molecule has 1 N–H and O–H groups in total. The van der Waals surface area contributed by atoms with E-state index in [1.807, 2.05) is 0 Å². The van der Waals surface area contributed by atoms with Crippen LogP contribution in [0.2, 0.25) is 0 Å². The molecule has 3 heterocycles. The molecule has 9 heteroatoms. The number of likely N-dealkylation sites (tertiary alicyclic amines) is 1. The van der Waals surface area contributed by atoms with Crippen LogP contribution in [-0.4, -0.2) is 70.4 Å². The van der Waals surface area contributed by atoms with Crippen molar-refractivity contribution < 1.29 is 19.1 Å². The minimum atomic E-state index is -0.347. The second-order valence-corrected chi connectivity index (χ2v) is 5.59. The maximum atomic E-state index is 12.4. The Bertz CT molecular complexity index is 579. The average Bonchev–Trinajstić information content (AvgIpc) is 2.92. The number of nitrogens with zero attached hydrogens (tertiary/aromatic N) is 4. The van der Waals surface area contributed by atoms with Gasteiger partial charge >= 0.3 is 6.01 Å². The van der Waals surface area contributed by atoms with E-state index < -0.39 is 0 Å². The van der Waals surface area contributed by atoms with Crippen LogP contribution in [0, 0.1) is 0 Å². The van der Waals surface area contributed by atoms with E-state index in [0.717, 1.165) is 0 Å². The second-order valence-electron chi connectivity index (χ2n) is 5.59. The minimum Gasteiger partial charge on any atom is -0.467 e. The first-order chi connectivity index (χ1) is 10.5. The third-order valence-corrected chi connectivity index (χ3v) is 4.18. The Morgan fingerprint density at radius 2 is 2.14 bits per heavy atom. The van der Waals surface area contributed by atoms with Crippen LogP contribution in [0.15, 0.2) is 0 Å². The van der Waals surface area contributed by atoms with Crippen LogP contribution in [0.3, 0.4) is 0 Å². The predicted octanol–water partition coefficient (Wildman–Crippen LogP) is -1.06. The Kier molecular flexibility index (Phi) is 3.73. The molecule has 0 atom stereocenters. The molecule has 0 aliphatic carbocycles. The van der Waals surface area contributed by atoms with Crippen LogP contribution in [0.25, 0.3) is 0 Å². The lowest BCUT2D eigenvalue weighted by atomic mass is 9.90. The Balaban J connectivity index is 1.63. The maximum Gasteiger partial charge on any atom is 0.314 e. The number of morpholine rings is 1. The average molecular weight is 309 g/mol. The number of aromatic nitrogens is 3. The molecule has 0 radical (unpaired) electrons. The number of ether oxygens (including phenoxy) is 2. The van der Waals surface area contributed by atoms with Crippen LogP contribution >= 0.6 is 0 Å². The van der Waals surface area contributed by atoms with Gasteiger partial charge in [-0.2, -0.15) is 4.98 Å². The number of piperidine rings is 1. The lowest BCUT2D eigenvalue weighted by Crippen LogP contribution is -2.58. The number of hydrogen-bond donors (Lipinski definition) is 1. The van der Waals surface area contributed by atoms with Crippen molar-refractivity contribution >= 4 is 11.8 Å². The van der Waals surface area contributed by atoms with Crippen molar-refractivity contribution in [1.29, 1.82) is 0 Å². The maximum absolute atomic E-state index is 12.4. The monoisotopic (exact) mass is 309 g/mol. The van der Waals surface area contributed by atoms with Crippen molar-refractivity contribution in [2.24, 2.45) is 7.05 Å². The van der Waals surface area contributed by atoms with E-state index in [2.05, 4.69) is 15.4 Å². The largest absolute Gasteiger partial charge is 0.467 e. The molecule has 9 nitrogen and oxygen atoms in total. The van der Waals surface area contributed by atoms with E-state index >= 15 is 0 Å². The van der Waals surface area contributed by atoms with Crippen LogP contribution in [0.4, 0.5) is 0 Å². The fourth-order valence-corrected chi connectivity index (χ4v) is 2.80. The molecule has 2 amide bonds. The van der Waals surface area contributed by atoms with Gasteiger partial charge in [0.25, 0.3) is 5.91 Å². The predicted molar refractivity (Wildman–Crippen MR) is 74.4 cm³/mol. The van der Waals surface area contributed by atoms with E-state index in [4.69, 9.17) is 9.47 Å². The Hall–Kier alpha value is -2.16. The Labute approximate surface area is 127 Å². The lowest BCUT2D eigenvalue weighted by Gasteiger charge is -2.43. The highest BCUT2D eigenvalue weighted by molar-refractivity contribution is 5.90. The van der Waals surface area contributed by atoms with Gasteiger partial charge in [-0.05, 0) is 12.8 Å². The molecule has 2 saturated heterocycles. The van der Waals surface area contributed by atoms with Crippen LogP contribution < -0.4 is 10.1 Å². The van der Waals surface area contributed by atoms with Crippen LogP contribution in [-0.2, 0) is 16.6 Å². The van der Waals surface area contributed by atoms with Crippen LogP contribution in [0.1, 0.15) is 23.5 Å². The third-order valence-electron chi connectivity index (χ3n) is 4.18. The summed E-state index contributed by atoms with van der Waals surface area (Å²) < 4.78 is 12.1. The molecular formula is C13H19N5O4. The smallest absolute Gasteiger partial charge is 0.314 e. The normalized spacial score (nSPS) is 20.8. The quantitative estimate of drug-likeness (QED) is 0.748. The van der Waals surface area contributed by atoms with Gasteiger partial charge in [-0.3, -0.25) is 9.59 Å².